The highest BCUT2D eigenvalue weighted by Crippen LogP contribution is 2.21. The molecule has 0 bridgehead atoms. The molecule has 1 aliphatic rings. The van der Waals surface area contributed by atoms with E-state index in [4.69, 9.17) is 10.5 Å². The van der Waals surface area contributed by atoms with Gasteiger partial charge < -0.3 is 10.5 Å². The van der Waals surface area contributed by atoms with E-state index < -0.39 is 0 Å². The molecule has 2 atom stereocenters. The van der Waals surface area contributed by atoms with E-state index in [9.17, 15) is 0 Å². The van der Waals surface area contributed by atoms with Crippen LogP contribution in [0.15, 0.2) is 11.6 Å². The van der Waals surface area contributed by atoms with Gasteiger partial charge >= 0.3 is 0 Å². The van der Waals surface area contributed by atoms with Crippen LogP contribution in [0.5, 0.6) is 0 Å². The van der Waals surface area contributed by atoms with Gasteiger partial charge in [0.1, 0.15) is 0 Å². The normalized spacial score (nSPS) is 22.4. The minimum atomic E-state index is 0.114. The highest BCUT2D eigenvalue weighted by Gasteiger charge is 2.19. The highest BCUT2D eigenvalue weighted by atomic mass is 16.5. The number of methoxy groups -OCH3 is 1. The molecule has 0 aromatic heterocycles. The average Bonchev–Trinajstić information content (AvgIpc) is 2.47. The summed E-state index contributed by atoms with van der Waals surface area (Å²) >= 11 is 0. The van der Waals surface area contributed by atoms with Crippen LogP contribution in [0.3, 0.4) is 0 Å². The Morgan fingerprint density at radius 2 is 2.21 bits per heavy atom. The van der Waals surface area contributed by atoms with Gasteiger partial charge in [-0.05, 0) is 32.1 Å². The van der Waals surface area contributed by atoms with Gasteiger partial charge in [0.25, 0.3) is 0 Å². The van der Waals surface area contributed by atoms with E-state index in [1.54, 1.807) is 7.11 Å². The number of hydrogen-bond donors (Lipinski definition) is 1. The number of ether oxygens (including phenoxy) is 1. The molecule has 14 heavy (non-hydrogen) atoms. The molecule has 0 aromatic carbocycles. The Hall–Kier alpha value is -0.340. The van der Waals surface area contributed by atoms with E-state index in [0.29, 0.717) is 0 Å². The molecule has 0 spiro atoms. The van der Waals surface area contributed by atoms with Crippen molar-refractivity contribution in [1.82, 2.24) is 0 Å². The van der Waals surface area contributed by atoms with E-state index in [-0.39, 0.29) is 12.1 Å². The van der Waals surface area contributed by atoms with E-state index in [1.807, 2.05) is 0 Å². The summed E-state index contributed by atoms with van der Waals surface area (Å²) in [6.07, 6.45) is 9.84. The van der Waals surface area contributed by atoms with Gasteiger partial charge in [-0.2, -0.15) is 0 Å². The molecular formula is C12H23NO. The average molecular weight is 197 g/mol. The van der Waals surface area contributed by atoms with Crippen LogP contribution in [0.4, 0.5) is 0 Å². The van der Waals surface area contributed by atoms with Crippen LogP contribution in [0.25, 0.3) is 0 Å². The molecule has 0 saturated carbocycles. The van der Waals surface area contributed by atoms with Crippen LogP contribution in [0.2, 0.25) is 0 Å². The third-order valence-electron chi connectivity index (χ3n) is 3.11. The molecule has 0 aliphatic heterocycles. The van der Waals surface area contributed by atoms with Gasteiger partial charge in [0.2, 0.25) is 0 Å². The van der Waals surface area contributed by atoms with E-state index in [2.05, 4.69) is 13.0 Å². The number of allylic oxidation sites excluding steroid dienone is 1. The van der Waals surface area contributed by atoms with E-state index in [1.165, 1.54) is 37.7 Å². The molecule has 1 rings (SSSR count). The third-order valence-corrected chi connectivity index (χ3v) is 3.11. The fourth-order valence-corrected chi connectivity index (χ4v) is 2.15. The van der Waals surface area contributed by atoms with Crippen LogP contribution in [0, 0.1) is 0 Å². The number of nitrogens with two attached hydrogens (primary N) is 1. The van der Waals surface area contributed by atoms with Gasteiger partial charge in [0.05, 0.1) is 12.1 Å². The smallest absolute Gasteiger partial charge is 0.0757 e. The second kappa shape index (κ2) is 6.20. The maximum atomic E-state index is 6.19. The summed E-state index contributed by atoms with van der Waals surface area (Å²) in [5.41, 5.74) is 7.60. The van der Waals surface area contributed by atoms with Crippen molar-refractivity contribution in [2.75, 3.05) is 7.11 Å². The summed E-state index contributed by atoms with van der Waals surface area (Å²) in [6, 6.07) is 0.114. The fraction of sp³-hybridized carbons (Fsp3) is 0.833. The Morgan fingerprint density at radius 1 is 1.43 bits per heavy atom. The topological polar surface area (TPSA) is 35.2 Å². The molecule has 82 valence electrons. The molecule has 0 fully saturated rings. The summed E-state index contributed by atoms with van der Waals surface area (Å²) in [5, 5.41) is 0. The number of rotatable bonds is 4. The van der Waals surface area contributed by atoms with E-state index in [0.717, 1.165) is 6.42 Å². The van der Waals surface area contributed by atoms with Crippen LogP contribution in [0.1, 0.15) is 45.4 Å². The van der Waals surface area contributed by atoms with Crippen LogP contribution >= 0.6 is 0 Å². The van der Waals surface area contributed by atoms with Crippen molar-refractivity contribution < 1.29 is 4.74 Å². The quantitative estimate of drug-likeness (QED) is 0.703. The van der Waals surface area contributed by atoms with E-state index >= 15 is 0 Å². The Morgan fingerprint density at radius 3 is 2.86 bits per heavy atom. The predicted octanol–water partition coefficient (Wildman–Crippen LogP) is 2.63. The molecule has 2 heteroatoms. The second-order valence-corrected chi connectivity index (χ2v) is 4.09. The fourth-order valence-electron chi connectivity index (χ4n) is 2.15. The zero-order valence-corrected chi connectivity index (χ0v) is 9.46. The van der Waals surface area contributed by atoms with Gasteiger partial charge in [-0.15, -0.1) is 0 Å². The minimum Gasteiger partial charge on any atom is -0.380 e. The Kier molecular flexibility index (Phi) is 5.20. The molecule has 2 unspecified atom stereocenters. The lowest BCUT2D eigenvalue weighted by atomic mass is 9.96. The van der Waals surface area contributed by atoms with Gasteiger partial charge in [0, 0.05) is 7.11 Å². The maximum Gasteiger partial charge on any atom is 0.0757 e. The molecular weight excluding hydrogens is 174 g/mol. The lowest BCUT2D eigenvalue weighted by Crippen LogP contribution is -2.37. The van der Waals surface area contributed by atoms with Gasteiger partial charge in [0.15, 0.2) is 0 Å². The first kappa shape index (κ1) is 11.7. The SMILES string of the molecule is CCC(OC)C(N)C1=CCCCCC1. The first-order valence-corrected chi connectivity index (χ1v) is 5.77. The molecule has 0 amide bonds. The second-order valence-electron chi connectivity index (χ2n) is 4.09. The monoisotopic (exact) mass is 197 g/mol. The summed E-state index contributed by atoms with van der Waals surface area (Å²) < 4.78 is 5.39. The van der Waals surface area contributed by atoms with Crippen molar-refractivity contribution in [3.8, 4) is 0 Å². The minimum absolute atomic E-state index is 0.114. The lowest BCUT2D eigenvalue weighted by Gasteiger charge is -2.23. The number of hydrogen-bond acceptors (Lipinski definition) is 2. The first-order chi connectivity index (χ1) is 6.79. The van der Waals surface area contributed by atoms with Crippen LogP contribution in [-0.2, 0) is 4.74 Å². The van der Waals surface area contributed by atoms with Crippen molar-refractivity contribution in [1.29, 1.82) is 0 Å². The molecule has 0 radical (unpaired) electrons. The Bertz CT molecular complexity index is 185. The van der Waals surface area contributed by atoms with Gasteiger partial charge in [-0.3, -0.25) is 0 Å². The zero-order valence-electron chi connectivity index (χ0n) is 9.46. The molecule has 2 nitrogen and oxygen atoms in total. The third kappa shape index (κ3) is 3.10. The predicted molar refractivity (Wildman–Crippen MR) is 60.2 cm³/mol. The highest BCUT2D eigenvalue weighted by molar-refractivity contribution is 5.13. The molecule has 0 heterocycles. The summed E-state index contributed by atoms with van der Waals surface area (Å²) in [7, 11) is 1.76. The van der Waals surface area contributed by atoms with Gasteiger partial charge in [-0.1, -0.05) is 25.0 Å². The molecule has 0 aromatic rings. The molecule has 2 N–H and O–H groups in total. The summed E-state index contributed by atoms with van der Waals surface area (Å²) in [5.74, 6) is 0. The van der Waals surface area contributed by atoms with Crippen molar-refractivity contribution in [3.05, 3.63) is 11.6 Å². The molecule has 0 saturated heterocycles. The summed E-state index contributed by atoms with van der Waals surface area (Å²) in [6.45, 7) is 2.13. The Balaban J connectivity index is 2.56. The maximum absolute atomic E-state index is 6.19. The van der Waals surface area contributed by atoms with Crippen LogP contribution in [-0.4, -0.2) is 19.3 Å². The summed E-state index contributed by atoms with van der Waals surface area (Å²) in [4.78, 5) is 0. The lowest BCUT2D eigenvalue weighted by molar-refractivity contribution is 0.0855. The molecule has 1 aliphatic carbocycles. The Labute approximate surface area is 87.5 Å². The first-order valence-electron chi connectivity index (χ1n) is 5.77. The van der Waals surface area contributed by atoms with Crippen molar-refractivity contribution in [2.45, 2.75) is 57.6 Å². The van der Waals surface area contributed by atoms with Gasteiger partial charge in [-0.25, -0.2) is 0 Å². The van der Waals surface area contributed by atoms with Crippen molar-refractivity contribution in [2.24, 2.45) is 5.73 Å². The zero-order chi connectivity index (χ0) is 10.4. The van der Waals surface area contributed by atoms with Crippen molar-refractivity contribution >= 4 is 0 Å². The van der Waals surface area contributed by atoms with Crippen LogP contribution < -0.4 is 5.73 Å². The largest absolute Gasteiger partial charge is 0.380 e. The van der Waals surface area contributed by atoms with Crippen molar-refractivity contribution in [3.63, 3.8) is 0 Å². The standard InChI is InChI=1S/C12H23NO/c1-3-11(14-2)12(13)10-8-6-4-5-7-9-10/h8,11-12H,3-7,9,13H2,1-2H3.